The fourth-order valence-electron chi connectivity index (χ4n) is 3.71. The second kappa shape index (κ2) is 7.79. The van der Waals surface area contributed by atoms with Gasteiger partial charge >= 0.3 is 0 Å². The number of hydrogen-bond donors (Lipinski definition) is 2. The number of hydrogen-bond acceptors (Lipinski definition) is 4. The number of aliphatic hydroxyl groups excluding tert-OH is 1. The lowest BCUT2D eigenvalue weighted by molar-refractivity contribution is -0.143. The highest BCUT2D eigenvalue weighted by Crippen LogP contribution is 2.34. The molecule has 0 spiro atoms. The molecular formula is C21H17ClF2N2O4. The molecule has 4 rings (SSSR count). The Labute approximate surface area is 174 Å². The zero-order valence-electron chi connectivity index (χ0n) is 15.8. The van der Waals surface area contributed by atoms with Crippen LogP contribution >= 0.6 is 11.6 Å². The first-order chi connectivity index (χ1) is 14.3. The van der Waals surface area contributed by atoms with E-state index in [1.54, 1.807) is 18.2 Å². The van der Waals surface area contributed by atoms with Crippen LogP contribution in [0.4, 0.5) is 8.78 Å². The van der Waals surface area contributed by atoms with E-state index in [1.807, 2.05) is 0 Å². The van der Waals surface area contributed by atoms with Gasteiger partial charge in [0.25, 0.3) is 11.5 Å². The Bertz CT molecular complexity index is 1210. The summed E-state index contributed by atoms with van der Waals surface area (Å²) in [5.74, 6) is -2.88. The van der Waals surface area contributed by atoms with Crippen molar-refractivity contribution in [3.8, 4) is 0 Å². The molecule has 0 aliphatic carbocycles. The van der Waals surface area contributed by atoms with E-state index in [-0.39, 0.29) is 24.0 Å². The van der Waals surface area contributed by atoms with Crippen molar-refractivity contribution in [1.82, 2.24) is 9.88 Å². The largest absolute Gasteiger partial charge is 0.378 e. The number of ether oxygens (including phenoxy) is 1. The number of aliphatic hydroxyl groups is 1. The Morgan fingerprint density at radius 3 is 2.67 bits per heavy atom. The molecule has 156 valence electrons. The number of halogens is 3. The van der Waals surface area contributed by atoms with E-state index in [0.29, 0.717) is 21.8 Å². The van der Waals surface area contributed by atoms with Gasteiger partial charge in [0.15, 0.2) is 17.7 Å². The lowest BCUT2D eigenvalue weighted by Crippen LogP contribution is -2.40. The van der Waals surface area contributed by atoms with Crippen LogP contribution in [-0.2, 0) is 16.1 Å². The molecule has 1 amide bonds. The molecule has 0 bridgehead atoms. The van der Waals surface area contributed by atoms with Crippen molar-refractivity contribution in [2.45, 2.75) is 18.8 Å². The zero-order valence-corrected chi connectivity index (χ0v) is 16.5. The second-order valence-electron chi connectivity index (χ2n) is 7.10. The first kappa shape index (κ1) is 20.5. The average Bonchev–Trinajstić information content (AvgIpc) is 2.73. The summed E-state index contributed by atoms with van der Waals surface area (Å²) in [6.45, 7) is 0.104. The predicted molar refractivity (Wildman–Crippen MR) is 106 cm³/mol. The fourth-order valence-corrected chi connectivity index (χ4v) is 3.91. The number of fused-ring (bicyclic) bond motifs is 3. The van der Waals surface area contributed by atoms with Gasteiger partial charge in [0, 0.05) is 23.3 Å². The summed E-state index contributed by atoms with van der Waals surface area (Å²) in [6.07, 6.45) is -1.48. The fraction of sp³-hybridized carbons (Fsp3) is 0.238. The predicted octanol–water partition coefficient (Wildman–Crippen LogP) is 3.22. The molecule has 0 saturated carbocycles. The van der Waals surface area contributed by atoms with Gasteiger partial charge in [0.2, 0.25) is 0 Å². The van der Waals surface area contributed by atoms with Crippen LogP contribution in [0.15, 0.2) is 41.2 Å². The van der Waals surface area contributed by atoms with Crippen LogP contribution in [0.2, 0.25) is 5.02 Å². The maximum Gasteiger partial charge on any atom is 0.256 e. The highest BCUT2D eigenvalue weighted by Gasteiger charge is 2.33. The molecule has 0 unspecified atom stereocenters. The number of amides is 1. The molecule has 30 heavy (non-hydrogen) atoms. The Hall–Kier alpha value is -2.81. The van der Waals surface area contributed by atoms with Gasteiger partial charge in [0.1, 0.15) is 0 Å². The molecule has 0 saturated heterocycles. The van der Waals surface area contributed by atoms with Crippen molar-refractivity contribution < 1.29 is 23.4 Å². The van der Waals surface area contributed by atoms with Gasteiger partial charge in [-0.3, -0.25) is 9.59 Å². The summed E-state index contributed by atoms with van der Waals surface area (Å²) < 4.78 is 33.2. The number of carbonyl (C=O) groups is 1. The summed E-state index contributed by atoms with van der Waals surface area (Å²) in [4.78, 5) is 29.2. The van der Waals surface area contributed by atoms with Gasteiger partial charge in [-0.25, -0.2) is 8.78 Å². The SMILES string of the molecule is CN(C(=O)[C@H](O)c1cccc(Cl)c1)[C@@H]1COCc2[nH]c(=O)c3cc(F)c(F)cc3c21. The first-order valence-electron chi connectivity index (χ1n) is 9.09. The number of rotatable bonds is 3. The standard InChI is InChI=1S/C21H17ClF2N2O4/c1-26(21(29)19(27)10-3-2-4-11(22)5-10)17-9-30-8-16-18(17)12-6-14(23)15(24)7-13(12)20(28)25-16/h2-7,17,19,27H,8-9H2,1H3,(H,25,28)/t17-,19-/m1/s1. The summed E-state index contributed by atoms with van der Waals surface area (Å²) in [7, 11) is 1.47. The molecule has 0 fully saturated rings. The van der Waals surface area contributed by atoms with Crippen molar-refractivity contribution in [2.24, 2.45) is 0 Å². The number of likely N-dealkylation sites (N-methyl/N-ethyl adjacent to an activating group) is 1. The molecule has 9 heteroatoms. The highest BCUT2D eigenvalue weighted by atomic mass is 35.5. The van der Waals surface area contributed by atoms with Crippen LogP contribution in [0, 0.1) is 11.6 Å². The van der Waals surface area contributed by atoms with Crippen molar-refractivity contribution in [1.29, 1.82) is 0 Å². The van der Waals surface area contributed by atoms with Crippen LogP contribution in [-0.4, -0.2) is 34.6 Å². The molecule has 1 aliphatic rings. The van der Waals surface area contributed by atoms with Crippen LogP contribution in [0.1, 0.15) is 29.0 Å². The molecular weight excluding hydrogens is 418 g/mol. The van der Waals surface area contributed by atoms with Gasteiger partial charge in [-0.15, -0.1) is 0 Å². The van der Waals surface area contributed by atoms with Crippen molar-refractivity contribution in [3.63, 3.8) is 0 Å². The molecule has 1 aromatic heterocycles. The van der Waals surface area contributed by atoms with E-state index in [2.05, 4.69) is 4.98 Å². The van der Waals surface area contributed by atoms with Crippen LogP contribution in [0.5, 0.6) is 0 Å². The number of benzene rings is 2. The minimum atomic E-state index is -1.48. The number of carbonyl (C=O) groups excluding carboxylic acids is 1. The Morgan fingerprint density at radius 2 is 1.97 bits per heavy atom. The Balaban J connectivity index is 1.78. The Kier molecular flexibility index (Phi) is 5.31. The summed E-state index contributed by atoms with van der Waals surface area (Å²) >= 11 is 5.94. The molecule has 2 heterocycles. The van der Waals surface area contributed by atoms with Crippen LogP contribution in [0.25, 0.3) is 10.8 Å². The second-order valence-corrected chi connectivity index (χ2v) is 7.53. The molecule has 2 atom stereocenters. The number of H-pyrrole nitrogens is 1. The third-order valence-electron chi connectivity index (χ3n) is 5.25. The first-order valence-corrected chi connectivity index (χ1v) is 9.47. The molecule has 2 N–H and O–H groups in total. The summed E-state index contributed by atoms with van der Waals surface area (Å²) in [6, 6.07) is 7.32. The number of pyridine rings is 1. The normalized spacial score (nSPS) is 16.9. The van der Waals surface area contributed by atoms with Gasteiger partial charge < -0.3 is 19.7 Å². The van der Waals surface area contributed by atoms with Crippen LogP contribution in [0.3, 0.4) is 0 Å². The van der Waals surface area contributed by atoms with E-state index >= 15 is 0 Å². The van der Waals surface area contributed by atoms with Gasteiger partial charge in [-0.1, -0.05) is 23.7 Å². The lowest BCUT2D eigenvalue weighted by Gasteiger charge is -2.34. The maximum atomic E-state index is 14.0. The third-order valence-corrected chi connectivity index (χ3v) is 5.49. The van der Waals surface area contributed by atoms with Crippen molar-refractivity contribution in [3.05, 3.63) is 80.2 Å². The zero-order chi connectivity index (χ0) is 21.6. The van der Waals surface area contributed by atoms with Crippen LogP contribution < -0.4 is 5.56 Å². The minimum Gasteiger partial charge on any atom is -0.378 e. The maximum absolute atomic E-state index is 14.0. The van der Waals surface area contributed by atoms with E-state index in [4.69, 9.17) is 16.3 Å². The van der Waals surface area contributed by atoms with Gasteiger partial charge in [0.05, 0.1) is 24.6 Å². The smallest absolute Gasteiger partial charge is 0.256 e. The number of aromatic amines is 1. The van der Waals surface area contributed by atoms with E-state index < -0.39 is 35.2 Å². The monoisotopic (exact) mass is 434 g/mol. The third kappa shape index (κ3) is 3.47. The molecule has 1 aliphatic heterocycles. The van der Waals surface area contributed by atoms with Crippen molar-refractivity contribution >= 4 is 28.3 Å². The van der Waals surface area contributed by atoms with E-state index in [9.17, 15) is 23.5 Å². The Morgan fingerprint density at radius 1 is 1.27 bits per heavy atom. The van der Waals surface area contributed by atoms with Gasteiger partial charge in [-0.05, 0) is 35.2 Å². The average molecular weight is 435 g/mol. The molecule has 6 nitrogen and oxygen atoms in total. The number of nitrogens with zero attached hydrogens (tertiary/aromatic N) is 1. The summed E-state index contributed by atoms with van der Waals surface area (Å²) in [5, 5.41) is 11.1. The van der Waals surface area contributed by atoms with E-state index in [0.717, 1.165) is 12.1 Å². The van der Waals surface area contributed by atoms with Crippen molar-refractivity contribution in [2.75, 3.05) is 13.7 Å². The van der Waals surface area contributed by atoms with E-state index in [1.165, 1.54) is 18.0 Å². The number of aromatic nitrogens is 1. The number of nitrogens with one attached hydrogen (secondary N) is 1. The molecule has 0 radical (unpaired) electrons. The highest BCUT2D eigenvalue weighted by molar-refractivity contribution is 6.30. The molecule has 3 aromatic rings. The summed E-state index contributed by atoms with van der Waals surface area (Å²) in [5.41, 5.74) is 0.547. The topological polar surface area (TPSA) is 82.6 Å². The quantitative estimate of drug-likeness (QED) is 0.663. The molecule has 2 aromatic carbocycles. The minimum absolute atomic E-state index is 0.0317. The lowest BCUT2D eigenvalue weighted by atomic mass is 9.95. The van der Waals surface area contributed by atoms with Gasteiger partial charge in [-0.2, -0.15) is 0 Å².